The number of anilines is 1. The van der Waals surface area contributed by atoms with Gasteiger partial charge in [0, 0.05) is 6.20 Å². The molecule has 0 fully saturated rings. The molecular formula is C14H15FN2O. The van der Waals surface area contributed by atoms with Gasteiger partial charge in [0.1, 0.15) is 5.82 Å². The number of pyridine rings is 1. The van der Waals surface area contributed by atoms with Gasteiger partial charge in [-0.3, -0.25) is 0 Å². The molecule has 1 heterocycles. The Morgan fingerprint density at radius 2 is 2.11 bits per heavy atom. The molecule has 4 heteroatoms. The predicted molar refractivity (Wildman–Crippen MR) is 69.0 cm³/mol. The van der Waals surface area contributed by atoms with Gasteiger partial charge in [0.15, 0.2) is 11.6 Å². The van der Waals surface area contributed by atoms with Crippen LogP contribution in [0.25, 0.3) is 0 Å². The van der Waals surface area contributed by atoms with Crippen molar-refractivity contribution in [1.29, 1.82) is 0 Å². The molecule has 0 radical (unpaired) electrons. The highest BCUT2D eigenvalue weighted by molar-refractivity contribution is 5.39. The van der Waals surface area contributed by atoms with Crippen molar-refractivity contribution in [3.05, 3.63) is 53.5 Å². The SMILES string of the molecule is COc1ccc(CCc2cccnc2N)cc1F. The Balaban J connectivity index is 2.07. The molecule has 0 unspecified atom stereocenters. The molecule has 0 aliphatic heterocycles. The van der Waals surface area contributed by atoms with E-state index in [9.17, 15) is 4.39 Å². The molecule has 3 nitrogen and oxygen atoms in total. The highest BCUT2D eigenvalue weighted by Crippen LogP contribution is 2.19. The van der Waals surface area contributed by atoms with Gasteiger partial charge in [-0.2, -0.15) is 0 Å². The Bertz CT molecular complexity index is 543. The number of aromatic nitrogens is 1. The summed E-state index contributed by atoms with van der Waals surface area (Å²) in [5.74, 6) is 0.459. The van der Waals surface area contributed by atoms with E-state index < -0.39 is 0 Å². The fraction of sp³-hybridized carbons (Fsp3) is 0.214. The van der Waals surface area contributed by atoms with E-state index in [1.165, 1.54) is 13.2 Å². The largest absolute Gasteiger partial charge is 0.494 e. The number of benzene rings is 1. The minimum absolute atomic E-state index is 0.264. The molecule has 0 saturated heterocycles. The maximum Gasteiger partial charge on any atom is 0.165 e. The predicted octanol–water partition coefficient (Wildman–Crippen LogP) is 2.60. The molecule has 2 rings (SSSR count). The lowest BCUT2D eigenvalue weighted by Gasteiger charge is -2.06. The molecule has 0 saturated carbocycles. The third-order valence-electron chi connectivity index (χ3n) is 2.83. The number of nitrogens with zero attached hydrogens (tertiary/aromatic N) is 1. The molecule has 0 aliphatic rings. The van der Waals surface area contributed by atoms with Gasteiger partial charge < -0.3 is 10.5 Å². The van der Waals surface area contributed by atoms with E-state index in [4.69, 9.17) is 10.5 Å². The average molecular weight is 246 g/mol. The minimum Gasteiger partial charge on any atom is -0.494 e. The zero-order valence-electron chi connectivity index (χ0n) is 10.2. The summed E-state index contributed by atoms with van der Waals surface area (Å²) in [6.07, 6.45) is 3.12. The van der Waals surface area contributed by atoms with Crippen molar-refractivity contribution in [1.82, 2.24) is 4.98 Å². The number of rotatable bonds is 4. The number of halogens is 1. The molecule has 0 aliphatic carbocycles. The van der Waals surface area contributed by atoms with Crippen molar-refractivity contribution in [3.63, 3.8) is 0 Å². The summed E-state index contributed by atoms with van der Waals surface area (Å²) < 4.78 is 18.4. The topological polar surface area (TPSA) is 48.1 Å². The molecule has 2 N–H and O–H groups in total. The van der Waals surface area contributed by atoms with E-state index in [0.717, 1.165) is 24.0 Å². The van der Waals surface area contributed by atoms with Crippen LogP contribution in [0.15, 0.2) is 36.5 Å². The lowest BCUT2D eigenvalue weighted by atomic mass is 10.0. The molecule has 1 aromatic carbocycles. The van der Waals surface area contributed by atoms with E-state index in [0.29, 0.717) is 5.82 Å². The summed E-state index contributed by atoms with van der Waals surface area (Å²) in [6, 6.07) is 8.76. The lowest BCUT2D eigenvalue weighted by Crippen LogP contribution is -1.99. The lowest BCUT2D eigenvalue weighted by molar-refractivity contribution is 0.386. The van der Waals surface area contributed by atoms with Crippen LogP contribution in [0.4, 0.5) is 10.2 Å². The van der Waals surface area contributed by atoms with Crippen LogP contribution in [0.2, 0.25) is 0 Å². The Hall–Kier alpha value is -2.10. The summed E-state index contributed by atoms with van der Waals surface area (Å²) in [6.45, 7) is 0. The average Bonchev–Trinajstić information content (AvgIpc) is 2.38. The van der Waals surface area contributed by atoms with E-state index >= 15 is 0 Å². The number of hydrogen-bond donors (Lipinski definition) is 1. The van der Waals surface area contributed by atoms with Crippen molar-refractivity contribution in [2.75, 3.05) is 12.8 Å². The highest BCUT2D eigenvalue weighted by atomic mass is 19.1. The van der Waals surface area contributed by atoms with E-state index in [1.54, 1.807) is 12.3 Å². The summed E-state index contributed by atoms with van der Waals surface area (Å²) in [5.41, 5.74) is 7.65. The van der Waals surface area contributed by atoms with Gasteiger partial charge in [-0.1, -0.05) is 12.1 Å². The smallest absolute Gasteiger partial charge is 0.165 e. The maximum absolute atomic E-state index is 13.5. The Kier molecular flexibility index (Phi) is 3.77. The Labute approximate surface area is 105 Å². The summed E-state index contributed by atoms with van der Waals surface area (Å²) in [7, 11) is 1.45. The number of aryl methyl sites for hydroxylation is 2. The van der Waals surface area contributed by atoms with Gasteiger partial charge in [0.05, 0.1) is 7.11 Å². The third kappa shape index (κ3) is 2.77. The zero-order valence-corrected chi connectivity index (χ0v) is 10.2. The molecular weight excluding hydrogens is 231 g/mol. The number of hydrogen-bond acceptors (Lipinski definition) is 3. The van der Waals surface area contributed by atoms with Crippen molar-refractivity contribution in [2.45, 2.75) is 12.8 Å². The van der Waals surface area contributed by atoms with E-state index in [-0.39, 0.29) is 11.6 Å². The van der Waals surface area contributed by atoms with Crippen molar-refractivity contribution >= 4 is 5.82 Å². The molecule has 1 aromatic heterocycles. The molecule has 18 heavy (non-hydrogen) atoms. The molecule has 0 bridgehead atoms. The van der Waals surface area contributed by atoms with Crippen LogP contribution in [0.1, 0.15) is 11.1 Å². The van der Waals surface area contributed by atoms with Gasteiger partial charge in [-0.25, -0.2) is 9.37 Å². The first-order valence-electron chi connectivity index (χ1n) is 5.72. The van der Waals surface area contributed by atoms with Gasteiger partial charge in [0.2, 0.25) is 0 Å². The fourth-order valence-electron chi connectivity index (χ4n) is 1.81. The summed E-state index contributed by atoms with van der Waals surface area (Å²) in [4.78, 5) is 4.02. The normalized spacial score (nSPS) is 10.3. The number of methoxy groups -OCH3 is 1. The van der Waals surface area contributed by atoms with Gasteiger partial charge in [-0.05, 0) is 42.2 Å². The monoisotopic (exact) mass is 246 g/mol. The molecule has 94 valence electrons. The van der Waals surface area contributed by atoms with Crippen molar-refractivity contribution in [3.8, 4) is 5.75 Å². The first kappa shape index (κ1) is 12.4. The first-order chi connectivity index (χ1) is 8.70. The van der Waals surface area contributed by atoms with Gasteiger partial charge in [-0.15, -0.1) is 0 Å². The molecule has 0 amide bonds. The second-order valence-electron chi connectivity index (χ2n) is 4.02. The van der Waals surface area contributed by atoms with E-state index in [1.807, 2.05) is 18.2 Å². The number of ether oxygens (including phenoxy) is 1. The van der Waals surface area contributed by atoms with Crippen LogP contribution >= 0.6 is 0 Å². The zero-order chi connectivity index (χ0) is 13.0. The molecule has 0 atom stereocenters. The first-order valence-corrected chi connectivity index (χ1v) is 5.72. The minimum atomic E-state index is -0.339. The highest BCUT2D eigenvalue weighted by Gasteiger charge is 2.05. The van der Waals surface area contributed by atoms with E-state index in [2.05, 4.69) is 4.98 Å². The number of nitrogen functional groups attached to an aromatic ring is 1. The van der Waals surface area contributed by atoms with Crippen LogP contribution in [0, 0.1) is 5.82 Å². The fourth-order valence-corrected chi connectivity index (χ4v) is 1.81. The Morgan fingerprint density at radius 1 is 1.28 bits per heavy atom. The van der Waals surface area contributed by atoms with Crippen LogP contribution in [0.3, 0.4) is 0 Å². The van der Waals surface area contributed by atoms with Crippen LogP contribution in [-0.4, -0.2) is 12.1 Å². The van der Waals surface area contributed by atoms with Gasteiger partial charge >= 0.3 is 0 Å². The second kappa shape index (κ2) is 5.49. The molecule has 2 aromatic rings. The van der Waals surface area contributed by atoms with Crippen LogP contribution < -0.4 is 10.5 Å². The third-order valence-corrected chi connectivity index (χ3v) is 2.83. The summed E-state index contributed by atoms with van der Waals surface area (Å²) in [5, 5.41) is 0. The van der Waals surface area contributed by atoms with Crippen molar-refractivity contribution < 1.29 is 9.13 Å². The van der Waals surface area contributed by atoms with Gasteiger partial charge in [0.25, 0.3) is 0 Å². The van der Waals surface area contributed by atoms with Crippen LogP contribution in [0.5, 0.6) is 5.75 Å². The van der Waals surface area contributed by atoms with Crippen LogP contribution in [-0.2, 0) is 12.8 Å². The maximum atomic E-state index is 13.5. The standard InChI is InChI=1S/C14H15FN2O/c1-18-13-7-5-10(9-12(13)15)4-6-11-3-2-8-17-14(11)16/h2-3,5,7-9H,4,6H2,1H3,(H2,16,17). The summed E-state index contributed by atoms with van der Waals surface area (Å²) >= 11 is 0. The number of nitrogens with two attached hydrogens (primary N) is 1. The second-order valence-corrected chi connectivity index (χ2v) is 4.02. The Morgan fingerprint density at radius 3 is 2.78 bits per heavy atom. The quantitative estimate of drug-likeness (QED) is 0.902. The molecule has 0 spiro atoms. The van der Waals surface area contributed by atoms with Crippen molar-refractivity contribution in [2.24, 2.45) is 0 Å².